The lowest BCUT2D eigenvalue weighted by atomic mass is 9.94. The van der Waals surface area contributed by atoms with Gasteiger partial charge in [-0.25, -0.2) is 4.79 Å². The molecule has 2 aromatic rings. The van der Waals surface area contributed by atoms with Gasteiger partial charge in [0.05, 0.1) is 11.6 Å². The molecule has 25 heavy (non-hydrogen) atoms. The molecule has 2 aromatic carbocycles. The number of allylic oxidation sites excluding steroid dienone is 1. The molecule has 5 nitrogen and oxygen atoms in total. The zero-order chi connectivity index (χ0) is 18.0. The molecule has 0 saturated heterocycles. The molecular weight excluding hydrogens is 314 g/mol. The standard InChI is InChI=1S/C20H21N3O2/c1-13-9-7-8-12-16(13)21-19(24)17-14(2)23(3)20(25)22-18(17)15-10-5-4-6-11-15/h4-12,18H,1-3H3,(H,21,24)(H,22,25). The van der Waals surface area contributed by atoms with Gasteiger partial charge in [0.1, 0.15) is 0 Å². The number of rotatable bonds is 3. The van der Waals surface area contributed by atoms with Crippen molar-refractivity contribution in [1.82, 2.24) is 10.2 Å². The van der Waals surface area contributed by atoms with E-state index in [1.165, 1.54) is 4.90 Å². The van der Waals surface area contributed by atoms with Crippen LogP contribution in [0, 0.1) is 6.92 Å². The number of hydrogen-bond donors (Lipinski definition) is 2. The van der Waals surface area contributed by atoms with Gasteiger partial charge in [-0.05, 0) is 31.0 Å². The summed E-state index contributed by atoms with van der Waals surface area (Å²) in [6, 6.07) is 16.4. The van der Waals surface area contributed by atoms with E-state index in [9.17, 15) is 9.59 Å². The quantitative estimate of drug-likeness (QED) is 0.900. The summed E-state index contributed by atoms with van der Waals surface area (Å²) >= 11 is 0. The summed E-state index contributed by atoms with van der Waals surface area (Å²) in [6.07, 6.45) is 0. The first kappa shape index (κ1) is 16.8. The number of hydrogen-bond acceptors (Lipinski definition) is 2. The topological polar surface area (TPSA) is 61.4 Å². The van der Waals surface area contributed by atoms with E-state index in [-0.39, 0.29) is 11.9 Å². The predicted octanol–water partition coefficient (Wildman–Crippen LogP) is 3.60. The lowest BCUT2D eigenvalue weighted by Gasteiger charge is -2.33. The van der Waals surface area contributed by atoms with Gasteiger partial charge < -0.3 is 15.5 Å². The number of anilines is 1. The molecule has 5 heteroatoms. The molecule has 0 saturated carbocycles. The third kappa shape index (κ3) is 3.26. The Morgan fingerprint density at radius 2 is 1.68 bits per heavy atom. The van der Waals surface area contributed by atoms with Gasteiger partial charge >= 0.3 is 6.03 Å². The first-order valence-electron chi connectivity index (χ1n) is 8.16. The predicted molar refractivity (Wildman–Crippen MR) is 98.0 cm³/mol. The first-order valence-corrected chi connectivity index (χ1v) is 8.16. The van der Waals surface area contributed by atoms with Crippen LogP contribution < -0.4 is 10.6 Å². The highest BCUT2D eigenvalue weighted by Crippen LogP contribution is 2.30. The van der Waals surface area contributed by atoms with Gasteiger partial charge in [-0.3, -0.25) is 4.79 Å². The van der Waals surface area contributed by atoms with Gasteiger partial charge in [0, 0.05) is 18.4 Å². The van der Waals surface area contributed by atoms with Crippen LogP contribution in [0.5, 0.6) is 0 Å². The van der Waals surface area contributed by atoms with Gasteiger partial charge in [-0.2, -0.15) is 0 Å². The molecule has 128 valence electrons. The number of amides is 3. The summed E-state index contributed by atoms with van der Waals surface area (Å²) in [5.74, 6) is -0.215. The van der Waals surface area contributed by atoms with Gasteiger partial charge in [-0.1, -0.05) is 48.5 Å². The lowest BCUT2D eigenvalue weighted by molar-refractivity contribution is -0.113. The van der Waals surface area contributed by atoms with Crippen molar-refractivity contribution in [1.29, 1.82) is 0 Å². The highest BCUT2D eigenvalue weighted by molar-refractivity contribution is 6.07. The van der Waals surface area contributed by atoms with Crippen molar-refractivity contribution in [2.75, 3.05) is 12.4 Å². The Morgan fingerprint density at radius 1 is 1.04 bits per heavy atom. The molecule has 0 spiro atoms. The maximum absolute atomic E-state index is 13.0. The van der Waals surface area contributed by atoms with Crippen molar-refractivity contribution in [3.8, 4) is 0 Å². The number of aryl methyl sites for hydroxylation is 1. The summed E-state index contributed by atoms with van der Waals surface area (Å²) in [6.45, 7) is 3.74. The van der Waals surface area contributed by atoms with E-state index in [2.05, 4.69) is 10.6 Å². The average molecular weight is 335 g/mol. The van der Waals surface area contributed by atoms with Crippen LogP contribution in [-0.4, -0.2) is 23.9 Å². The molecule has 3 amide bonds. The SMILES string of the molecule is CC1=C(C(=O)Nc2ccccc2C)C(c2ccccc2)NC(=O)N1C. The van der Waals surface area contributed by atoms with E-state index in [0.717, 1.165) is 16.8 Å². The minimum absolute atomic E-state index is 0.215. The Balaban J connectivity index is 2.00. The van der Waals surface area contributed by atoms with Crippen LogP contribution in [0.4, 0.5) is 10.5 Å². The summed E-state index contributed by atoms with van der Waals surface area (Å²) in [7, 11) is 1.66. The van der Waals surface area contributed by atoms with Crippen molar-refractivity contribution < 1.29 is 9.59 Å². The highest BCUT2D eigenvalue weighted by atomic mass is 16.2. The number of carbonyl (C=O) groups is 2. The minimum atomic E-state index is -0.478. The van der Waals surface area contributed by atoms with E-state index in [1.807, 2.05) is 61.5 Å². The second kappa shape index (κ2) is 6.81. The fraction of sp³-hybridized carbons (Fsp3) is 0.200. The Kier molecular flexibility index (Phi) is 4.57. The van der Waals surface area contributed by atoms with E-state index < -0.39 is 6.04 Å². The average Bonchev–Trinajstić information content (AvgIpc) is 2.62. The zero-order valence-electron chi connectivity index (χ0n) is 14.5. The largest absolute Gasteiger partial charge is 0.327 e. The maximum Gasteiger partial charge on any atom is 0.322 e. The van der Waals surface area contributed by atoms with Crippen LogP contribution in [0.25, 0.3) is 0 Å². The van der Waals surface area contributed by atoms with Gasteiger partial charge in [0.25, 0.3) is 5.91 Å². The van der Waals surface area contributed by atoms with Crippen molar-refractivity contribution in [2.24, 2.45) is 0 Å². The van der Waals surface area contributed by atoms with Gasteiger partial charge in [0.15, 0.2) is 0 Å². The number of nitrogens with one attached hydrogen (secondary N) is 2. The van der Waals surface area contributed by atoms with E-state index in [1.54, 1.807) is 14.0 Å². The third-order valence-electron chi connectivity index (χ3n) is 4.52. The van der Waals surface area contributed by atoms with E-state index in [4.69, 9.17) is 0 Å². The molecular formula is C20H21N3O2. The number of para-hydroxylation sites is 1. The molecule has 0 fully saturated rings. The normalized spacial score (nSPS) is 17.3. The Morgan fingerprint density at radius 3 is 2.36 bits per heavy atom. The Bertz CT molecular complexity index is 843. The molecule has 0 radical (unpaired) electrons. The fourth-order valence-corrected chi connectivity index (χ4v) is 2.93. The zero-order valence-corrected chi connectivity index (χ0v) is 14.5. The molecule has 1 heterocycles. The smallest absolute Gasteiger partial charge is 0.322 e. The molecule has 1 atom stereocenters. The van der Waals surface area contributed by atoms with Crippen molar-refractivity contribution in [3.05, 3.63) is 77.0 Å². The third-order valence-corrected chi connectivity index (χ3v) is 4.52. The summed E-state index contributed by atoms with van der Waals surface area (Å²) in [5.41, 5.74) is 3.80. The van der Waals surface area contributed by atoms with Crippen molar-refractivity contribution in [3.63, 3.8) is 0 Å². The van der Waals surface area contributed by atoms with Gasteiger partial charge in [-0.15, -0.1) is 0 Å². The van der Waals surface area contributed by atoms with Crippen molar-refractivity contribution >= 4 is 17.6 Å². The maximum atomic E-state index is 13.0. The Hall–Kier alpha value is -3.08. The van der Waals surface area contributed by atoms with Crippen LogP contribution in [0.2, 0.25) is 0 Å². The number of carbonyl (C=O) groups excluding carboxylic acids is 2. The number of benzene rings is 2. The van der Waals surface area contributed by atoms with E-state index in [0.29, 0.717) is 11.3 Å². The molecule has 1 aliphatic rings. The Labute approximate surface area is 147 Å². The monoisotopic (exact) mass is 335 g/mol. The van der Waals surface area contributed by atoms with Crippen LogP contribution >= 0.6 is 0 Å². The van der Waals surface area contributed by atoms with Crippen molar-refractivity contribution in [2.45, 2.75) is 19.9 Å². The number of urea groups is 1. The van der Waals surface area contributed by atoms with E-state index >= 15 is 0 Å². The second-order valence-corrected chi connectivity index (χ2v) is 6.12. The molecule has 3 rings (SSSR count). The minimum Gasteiger partial charge on any atom is -0.327 e. The molecule has 1 aliphatic heterocycles. The second-order valence-electron chi connectivity index (χ2n) is 6.12. The van der Waals surface area contributed by atoms with Crippen LogP contribution in [0.15, 0.2) is 65.9 Å². The van der Waals surface area contributed by atoms with Gasteiger partial charge in [0.2, 0.25) is 0 Å². The molecule has 2 N–H and O–H groups in total. The summed E-state index contributed by atoms with van der Waals surface area (Å²) in [4.78, 5) is 26.7. The molecule has 0 bridgehead atoms. The lowest BCUT2D eigenvalue weighted by Crippen LogP contribution is -2.46. The molecule has 1 unspecified atom stereocenters. The summed E-state index contributed by atoms with van der Waals surface area (Å²) < 4.78 is 0. The first-order chi connectivity index (χ1) is 12.0. The number of nitrogens with zero attached hydrogens (tertiary/aromatic N) is 1. The van der Waals surface area contributed by atoms with Crippen LogP contribution in [-0.2, 0) is 4.79 Å². The molecule has 0 aromatic heterocycles. The summed E-state index contributed by atoms with van der Waals surface area (Å²) in [5, 5.41) is 5.88. The molecule has 0 aliphatic carbocycles. The van der Waals surface area contributed by atoms with Crippen LogP contribution in [0.1, 0.15) is 24.1 Å². The highest BCUT2D eigenvalue weighted by Gasteiger charge is 2.34. The fourth-order valence-electron chi connectivity index (χ4n) is 2.93. The van der Waals surface area contributed by atoms with Crippen LogP contribution in [0.3, 0.4) is 0 Å².